The van der Waals surface area contributed by atoms with Crippen LogP contribution in [0.3, 0.4) is 0 Å². The van der Waals surface area contributed by atoms with Crippen LogP contribution in [0, 0.1) is 0 Å². The summed E-state index contributed by atoms with van der Waals surface area (Å²) in [4.78, 5) is 20.9. The molecule has 19 heavy (non-hydrogen) atoms. The van der Waals surface area contributed by atoms with Crippen molar-refractivity contribution in [3.63, 3.8) is 0 Å². The predicted molar refractivity (Wildman–Crippen MR) is 73.8 cm³/mol. The number of piperidine rings is 1. The lowest BCUT2D eigenvalue weighted by Gasteiger charge is -2.44. The third-order valence-corrected chi connectivity index (χ3v) is 4.19. The highest BCUT2D eigenvalue weighted by atomic mass is 16.2. The minimum absolute atomic E-state index is 0.0239. The first-order valence-electron chi connectivity index (χ1n) is 6.99. The van der Waals surface area contributed by atoms with E-state index in [1.165, 1.54) is 25.8 Å². The third-order valence-electron chi connectivity index (χ3n) is 4.19. The molecule has 5 nitrogen and oxygen atoms in total. The molecule has 2 N–H and O–H groups in total. The highest BCUT2D eigenvalue weighted by Crippen LogP contribution is 2.22. The number of anilines is 1. The number of pyridine rings is 1. The van der Waals surface area contributed by atoms with Gasteiger partial charge in [-0.1, -0.05) is 6.42 Å². The molecule has 3 heterocycles. The molecule has 0 aromatic carbocycles. The van der Waals surface area contributed by atoms with Gasteiger partial charge in [-0.3, -0.25) is 9.69 Å². The number of fused-ring (bicyclic) bond motifs is 1. The Morgan fingerprint density at radius 2 is 2.21 bits per heavy atom. The maximum atomic E-state index is 12.5. The van der Waals surface area contributed by atoms with Crippen LogP contribution < -0.4 is 5.73 Å². The van der Waals surface area contributed by atoms with Gasteiger partial charge in [0.1, 0.15) is 5.82 Å². The van der Waals surface area contributed by atoms with Crippen molar-refractivity contribution in [3.8, 4) is 0 Å². The van der Waals surface area contributed by atoms with Gasteiger partial charge in [0, 0.05) is 31.9 Å². The summed E-state index contributed by atoms with van der Waals surface area (Å²) in [5.41, 5.74) is 6.32. The van der Waals surface area contributed by atoms with Crippen LogP contribution in [-0.4, -0.2) is 52.9 Å². The number of rotatable bonds is 1. The number of nitrogens with two attached hydrogens (primary N) is 1. The standard InChI is InChI=1S/C14H20N4O/c15-13-12(5-3-6-16-13)14(19)18-9-8-17-7-2-1-4-11(17)10-18/h3,5-6,11H,1-2,4,7-10H2,(H2,15,16). The number of hydrogen-bond donors (Lipinski definition) is 1. The van der Waals surface area contributed by atoms with Crippen molar-refractivity contribution in [1.29, 1.82) is 0 Å². The molecule has 0 spiro atoms. The second-order valence-electron chi connectivity index (χ2n) is 5.37. The molecule has 1 amide bonds. The second kappa shape index (κ2) is 5.17. The van der Waals surface area contributed by atoms with Gasteiger partial charge in [0.25, 0.3) is 5.91 Å². The summed E-state index contributed by atoms with van der Waals surface area (Å²) in [7, 11) is 0. The van der Waals surface area contributed by atoms with E-state index in [-0.39, 0.29) is 5.91 Å². The molecule has 5 heteroatoms. The molecule has 1 unspecified atom stereocenters. The number of nitrogen functional groups attached to an aromatic ring is 1. The van der Waals surface area contributed by atoms with Crippen LogP contribution in [0.15, 0.2) is 18.3 Å². The van der Waals surface area contributed by atoms with E-state index in [1.54, 1.807) is 18.3 Å². The normalized spacial score (nSPS) is 24.0. The number of amides is 1. The minimum atomic E-state index is 0.0239. The SMILES string of the molecule is Nc1ncccc1C(=O)N1CCN2CCCCC2C1. The zero-order valence-corrected chi connectivity index (χ0v) is 11.1. The van der Waals surface area contributed by atoms with Crippen molar-refractivity contribution in [2.75, 3.05) is 31.9 Å². The van der Waals surface area contributed by atoms with Gasteiger partial charge in [0.15, 0.2) is 0 Å². The fraction of sp³-hybridized carbons (Fsp3) is 0.571. The van der Waals surface area contributed by atoms with Crippen LogP contribution >= 0.6 is 0 Å². The van der Waals surface area contributed by atoms with Gasteiger partial charge in [-0.15, -0.1) is 0 Å². The molecule has 1 atom stereocenters. The first-order chi connectivity index (χ1) is 9.25. The first-order valence-corrected chi connectivity index (χ1v) is 6.99. The van der Waals surface area contributed by atoms with E-state index in [0.717, 1.165) is 19.6 Å². The molecular formula is C14H20N4O. The van der Waals surface area contributed by atoms with Gasteiger partial charge in [-0.25, -0.2) is 4.98 Å². The van der Waals surface area contributed by atoms with Crippen molar-refractivity contribution >= 4 is 11.7 Å². The monoisotopic (exact) mass is 260 g/mol. The molecule has 2 fully saturated rings. The fourth-order valence-electron chi connectivity index (χ4n) is 3.11. The second-order valence-corrected chi connectivity index (χ2v) is 5.37. The minimum Gasteiger partial charge on any atom is -0.383 e. The lowest BCUT2D eigenvalue weighted by atomic mass is 9.99. The zero-order valence-electron chi connectivity index (χ0n) is 11.1. The molecule has 0 saturated carbocycles. The fourth-order valence-corrected chi connectivity index (χ4v) is 3.11. The quantitative estimate of drug-likeness (QED) is 0.817. The summed E-state index contributed by atoms with van der Waals surface area (Å²) >= 11 is 0. The summed E-state index contributed by atoms with van der Waals surface area (Å²) < 4.78 is 0. The number of piperazine rings is 1. The molecule has 2 saturated heterocycles. The Morgan fingerprint density at radius 1 is 1.32 bits per heavy atom. The van der Waals surface area contributed by atoms with Crippen LogP contribution in [0.4, 0.5) is 5.82 Å². The van der Waals surface area contributed by atoms with Crippen LogP contribution in [0.1, 0.15) is 29.6 Å². The highest BCUT2D eigenvalue weighted by molar-refractivity contribution is 5.98. The average Bonchev–Trinajstić information content (AvgIpc) is 2.46. The Labute approximate surface area is 113 Å². The van der Waals surface area contributed by atoms with Crippen LogP contribution in [0.5, 0.6) is 0 Å². The number of hydrogen-bond acceptors (Lipinski definition) is 4. The molecule has 3 rings (SSSR count). The van der Waals surface area contributed by atoms with E-state index in [0.29, 0.717) is 17.4 Å². The Balaban J connectivity index is 1.73. The van der Waals surface area contributed by atoms with Gasteiger partial charge in [0.2, 0.25) is 0 Å². The number of carbonyl (C=O) groups excluding carboxylic acids is 1. The van der Waals surface area contributed by atoms with Gasteiger partial charge in [0.05, 0.1) is 5.56 Å². The lowest BCUT2D eigenvalue weighted by molar-refractivity contribution is 0.0373. The predicted octanol–water partition coefficient (Wildman–Crippen LogP) is 0.974. The van der Waals surface area contributed by atoms with E-state index in [2.05, 4.69) is 9.88 Å². The summed E-state index contributed by atoms with van der Waals surface area (Å²) in [5, 5.41) is 0. The van der Waals surface area contributed by atoms with E-state index in [9.17, 15) is 4.79 Å². The van der Waals surface area contributed by atoms with E-state index in [1.807, 2.05) is 4.90 Å². The number of nitrogens with zero attached hydrogens (tertiary/aromatic N) is 3. The molecule has 2 aliphatic heterocycles. The molecule has 0 bridgehead atoms. The summed E-state index contributed by atoms with van der Waals surface area (Å²) in [5.74, 6) is 0.356. The highest BCUT2D eigenvalue weighted by Gasteiger charge is 2.31. The third kappa shape index (κ3) is 2.42. The van der Waals surface area contributed by atoms with Crippen molar-refractivity contribution in [2.24, 2.45) is 0 Å². The Hall–Kier alpha value is -1.62. The smallest absolute Gasteiger partial charge is 0.257 e. The van der Waals surface area contributed by atoms with Crippen molar-refractivity contribution < 1.29 is 4.79 Å². The molecule has 2 aliphatic rings. The molecule has 1 aromatic heterocycles. The maximum Gasteiger partial charge on any atom is 0.257 e. The summed E-state index contributed by atoms with van der Waals surface area (Å²) in [6, 6.07) is 4.06. The summed E-state index contributed by atoms with van der Waals surface area (Å²) in [6.45, 7) is 3.79. The lowest BCUT2D eigenvalue weighted by Crippen LogP contribution is -2.56. The van der Waals surface area contributed by atoms with E-state index < -0.39 is 0 Å². The van der Waals surface area contributed by atoms with Crippen molar-refractivity contribution in [2.45, 2.75) is 25.3 Å². The Morgan fingerprint density at radius 3 is 3.05 bits per heavy atom. The van der Waals surface area contributed by atoms with E-state index >= 15 is 0 Å². The van der Waals surface area contributed by atoms with Crippen molar-refractivity contribution in [1.82, 2.24) is 14.8 Å². The topological polar surface area (TPSA) is 62.5 Å². The Bertz CT molecular complexity index is 476. The molecule has 1 aromatic rings. The molecule has 102 valence electrons. The summed E-state index contributed by atoms with van der Waals surface area (Å²) in [6.07, 6.45) is 5.38. The van der Waals surface area contributed by atoms with E-state index in [4.69, 9.17) is 5.73 Å². The van der Waals surface area contributed by atoms with Gasteiger partial charge in [-0.2, -0.15) is 0 Å². The van der Waals surface area contributed by atoms with Gasteiger partial charge >= 0.3 is 0 Å². The first kappa shape index (κ1) is 12.4. The average molecular weight is 260 g/mol. The molecular weight excluding hydrogens is 240 g/mol. The number of aromatic nitrogens is 1. The van der Waals surface area contributed by atoms with Crippen LogP contribution in [0.25, 0.3) is 0 Å². The number of carbonyl (C=O) groups is 1. The van der Waals surface area contributed by atoms with Gasteiger partial charge in [-0.05, 0) is 31.5 Å². The maximum absolute atomic E-state index is 12.5. The Kier molecular flexibility index (Phi) is 3.38. The molecule has 0 aliphatic carbocycles. The van der Waals surface area contributed by atoms with Crippen molar-refractivity contribution in [3.05, 3.63) is 23.9 Å². The largest absolute Gasteiger partial charge is 0.383 e. The zero-order chi connectivity index (χ0) is 13.2. The molecule has 0 radical (unpaired) electrons. The van der Waals surface area contributed by atoms with Crippen LogP contribution in [-0.2, 0) is 0 Å². The van der Waals surface area contributed by atoms with Crippen LogP contribution in [0.2, 0.25) is 0 Å². The van der Waals surface area contributed by atoms with Gasteiger partial charge < -0.3 is 10.6 Å².